The first kappa shape index (κ1) is 21.1. The molecule has 166 valence electrons. The van der Waals surface area contributed by atoms with E-state index < -0.39 is 5.97 Å². The van der Waals surface area contributed by atoms with Crippen molar-refractivity contribution in [3.8, 4) is 11.1 Å². The van der Waals surface area contributed by atoms with E-state index in [-0.39, 0.29) is 11.8 Å². The largest absolute Gasteiger partial charge is 0.481 e. The molecule has 0 saturated carbocycles. The highest BCUT2D eigenvalue weighted by Gasteiger charge is 2.41. The summed E-state index contributed by atoms with van der Waals surface area (Å²) in [6.45, 7) is 6.35. The average molecular weight is 443 g/mol. The van der Waals surface area contributed by atoms with Gasteiger partial charge in [-0.1, -0.05) is 32.0 Å². The van der Waals surface area contributed by atoms with Crippen molar-refractivity contribution in [3.63, 3.8) is 0 Å². The zero-order chi connectivity index (χ0) is 23.2. The average Bonchev–Trinajstić information content (AvgIpc) is 3.04. The number of rotatable bonds is 7. The van der Waals surface area contributed by atoms with Gasteiger partial charge in [0.2, 0.25) is 5.52 Å². The van der Waals surface area contributed by atoms with E-state index in [9.17, 15) is 9.59 Å². The Balaban J connectivity index is 1.70. The van der Waals surface area contributed by atoms with Crippen molar-refractivity contribution in [2.45, 2.75) is 38.8 Å². The molecule has 2 aromatic heterocycles. The number of carboxylic acids is 1. The first-order chi connectivity index (χ1) is 15.9. The normalized spacial score (nSPS) is 13.6. The number of carbonyl (C=O) groups excluding carboxylic acids is 1. The minimum absolute atomic E-state index is 0.0951. The fourth-order valence-electron chi connectivity index (χ4n) is 5.22. The SMILES string of the molecule is CC1(C)c2c[n+](CCOC=O)c3ccccc3c2-c2ccc3c[n+](CCC(=O)O)ccc3c21. The van der Waals surface area contributed by atoms with Gasteiger partial charge in [-0.2, -0.15) is 4.57 Å². The molecule has 0 saturated heterocycles. The molecule has 6 heteroatoms. The van der Waals surface area contributed by atoms with E-state index in [0.717, 1.165) is 10.9 Å². The van der Waals surface area contributed by atoms with E-state index in [1.165, 1.54) is 33.0 Å². The van der Waals surface area contributed by atoms with Crippen molar-refractivity contribution in [1.29, 1.82) is 0 Å². The van der Waals surface area contributed by atoms with Crippen LogP contribution in [0.25, 0.3) is 32.8 Å². The van der Waals surface area contributed by atoms with Crippen LogP contribution in [0.1, 0.15) is 31.4 Å². The molecular formula is C27H26N2O4+2. The predicted molar refractivity (Wildman–Crippen MR) is 124 cm³/mol. The summed E-state index contributed by atoms with van der Waals surface area (Å²) in [6.07, 6.45) is 6.30. The van der Waals surface area contributed by atoms with Gasteiger partial charge in [0.15, 0.2) is 31.7 Å². The Hall–Kier alpha value is -3.80. The molecule has 4 aromatic rings. The lowest BCUT2D eigenvalue weighted by Gasteiger charge is -2.22. The van der Waals surface area contributed by atoms with Gasteiger partial charge in [0.05, 0.1) is 5.39 Å². The molecule has 0 fully saturated rings. The van der Waals surface area contributed by atoms with Crippen LogP contribution in [0.4, 0.5) is 0 Å². The number of aryl methyl sites for hydroxylation is 1. The Kier molecular flexibility index (Phi) is 5.08. The first-order valence-electron chi connectivity index (χ1n) is 11.1. The van der Waals surface area contributed by atoms with E-state index >= 15 is 0 Å². The Morgan fingerprint density at radius 2 is 1.88 bits per heavy atom. The number of aromatic nitrogens is 2. The third kappa shape index (κ3) is 3.42. The molecule has 0 amide bonds. The maximum atomic E-state index is 11.0. The van der Waals surface area contributed by atoms with Crippen molar-refractivity contribution in [2.24, 2.45) is 0 Å². The van der Waals surface area contributed by atoms with Crippen LogP contribution < -0.4 is 9.13 Å². The number of para-hydroxylation sites is 1. The van der Waals surface area contributed by atoms with Crippen molar-refractivity contribution in [3.05, 3.63) is 72.2 Å². The van der Waals surface area contributed by atoms with E-state index in [1.54, 1.807) is 0 Å². The molecule has 0 bridgehead atoms. The molecule has 1 aliphatic rings. The highest BCUT2D eigenvalue weighted by molar-refractivity contribution is 6.04. The van der Waals surface area contributed by atoms with Crippen molar-refractivity contribution < 1.29 is 28.6 Å². The smallest absolute Gasteiger partial charge is 0.309 e. The molecule has 2 aromatic carbocycles. The van der Waals surface area contributed by atoms with Gasteiger partial charge in [-0.25, -0.2) is 4.57 Å². The fraction of sp³-hybridized carbons (Fsp3) is 0.259. The zero-order valence-electron chi connectivity index (χ0n) is 18.7. The molecule has 0 atom stereocenters. The third-order valence-electron chi connectivity index (χ3n) is 6.72. The highest BCUT2D eigenvalue weighted by Crippen LogP contribution is 2.52. The van der Waals surface area contributed by atoms with Crippen LogP contribution in [0.2, 0.25) is 0 Å². The lowest BCUT2D eigenvalue weighted by Crippen LogP contribution is -2.38. The number of aliphatic carboxylic acids is 1. The van der Waals surface area contributed by atoms with Crippen LogP contribution >= 0.6 is 0 Å². The minimum Gasteiger partial charge on any atom is -0.481 e. The van der Waals surface area contributed by atoms with E-state index in [2.05, 4.69) is 61.0 Å². The lowest BCUT2D eigenvalue weighted by molar-refractivity contribution is -0.694. The van der Waals surface area contributed by atoms with Gasteiger partial charge in [-0.05, 0) is 28.6 Å². The topological polar surface area (TPSA) is 71.4 Å². The molecule has 1 N–H and O–H groups in total. The van der Waals surface area contributed by atoms with Gasteiger partial charge in [0.1, 0.15) is 13.0 Å². The molecule has 0 spiro atoms. The number of carbonyl (C=O) groups is 2. The van der Waals surface area contributed by atoms with Gasteiger partial charge in [-0.15, -0.1) is 0 Å². The van der Waals surface area contributed by atoms with Crippen molar-refractivity contribution in [1.82, 2.24) is 0 Å². The maximum absolute atomic E-state index is 11.0. The van der Waals surface area contributed by atoms with Crippen molar-refractivity contribution in [2.75, 3.05) is 6.61 Å². The van der Waals surface area contributed by atoms with Gasteiger partial charge in [0, 0.05) is 34.1 Å². The molecule has 6 nitrogen and oxygen atoms in total. The summed E-state index contributed by atoms with van der Waals surface area (Å²) < 4.78 is 9.10. The summed E-state index contributed by atoms with van der Waals surface area (Å²) in [5.74, 6) is -0.799. The monoisotopic (exact) mass is 442 g/mol. The molecule has 0 radical (unpaired) electrons. The second-order valence-electron chi connectivity index (χ2n) is 9.04. The van der Waals surface area contributed by atoms with Crippen LogP contribution in [0.5, 0.6) is 0 Å². The summed E-state index contributed by atoms with van der Waals surface area (Å²) in [5, 5.41) is 12.5. The number of hydrogen-bond donors (Lipinski definition) is 1. The second kappa shape index (κ2) is 7.96. The molecule has 33 heavy (non-hydrogen) atoms. The first-order valence-corrected chi connectivity index (χ1v) is 11.1. The molecule has 0 unspecified atom stereocenters. The lowest BCUT2D eigenvalue weighted by atomic mass is 9.81. The molecule has 5 rings (SSSR count). The molecular weight excluding hydrogens is 416 g/mol. The number of ether oxygens (including phenoxy) is 1. The van der Waals surface area contributed by atoms with Crippen LogP contribution in [-0.4, -0.2) is 24.2 Å². The van der Waals surface area contributed by atoms with E-state index in [1.807, 2.05) is 23.0 Å². The van der Waals surface area contributed by atoms with Crippen molar-refractivity contribution >= 4 is 34.1 Å². The number of nitrogens with zero attached hydrogens (tertiary/aromatic N) is 2. The predicted octanol–water partition coefficient (Wildman–Crippen LogP) is 3.52. The Morgan fingerprint density at radius 1 is 1.06 bits per heavy atom. The molecule has 0 aliphatic heterocycles. The summed E-state index contributed by atoms with van der Waals surface area (Å²) in [6, 6.07) is 14.8. The second-order valence-corrected chi connectivity index (χ2v) is 9.04. The standard InChI is InChI=1S/C27H25N2O4/c1-27(2)22-16-29(13-14-33-17-30)23-6-4-3-5-20(23)25(22)21-8-7-18-15-28(12-10-24(31)32)11-9-19(18)26(21)27/h3-9,11,15-17H,10,12-14H2,1-2H3/q+1/p+1. The Bertz CT molecular complexity index is 1430. The Morgan fingerprint density at radius 3 is 2.67 bits per heavy atom. The summed E-state index contributed by atoms with van der Waals surface area (Å²) in [7, 11) is 0. The van der Waals surface area contributed by atoms with E-state index in [0.29, 0.717) is 26.2 Å². The number of pyridine rings is 2. The summed E-state index contributed by atoms with van der Waals surface area (Å²) >= 11 is 0. The van der Waals surface area contributed by atoms with Crippen LogP contribution in [0.3, 0.4) is 0 Å². The van der Waals surface area contributed by atoms with Crippen LogP contribution in [-0.2, 0) is 32.8 Å². The molecule has 1 aliphatic carbocycles. The molecule has 2 heterocycles. The minimum atomic E-state index is -0.799. The highest BCUT2D eigenvalue weighted by atomic mass is 16.5. The zero-order valence-corrected chi connectivity index (χ0v) is 18.7. The summed E-state index contributed by atoms with van der Waals surface area (Å²) in [5.41, 5.74) is 5.90. The van der Waals surface area contributed by atoms with Crippen LogP contribution in [0.15, 0.2) is 61.1 Å². The maximum Gasteiger partial charge on any atom is 0.309 e. The van der Waals surface area contributed by atoms with Gasteiger partial charge in [-0.3, -0.25) is 9.59 Å². The Labute approximate surface area is 191 Å². The third-order valence-corrected chi connectivity index (χ3v) is 6.72. The van der Waals surface area contributed by atoms with Gasteiger partial charge in [0.25, 0.3) is 6.47 Å². The summed E-state index contributed by atoms with van der Waals surface area (Å²) in [4.78, 5) is 21.6. The number of carboxylic acid groups (broad SMARTS) is 1. The fourth-order valence-corrected chi connectivity index (χ4v) is 5.22. The number of benzene rings is 2. The van der Waals surface area contributed by atoms with E-state index in [4.69, 9.17) is 9.84 Å². The van der Waals surface area contributed by atoms with Crippen LogP contribution in [0, 0.1) is 0 Å². The quantitative estimate of drug-likeness (QED) is 0.270. The number of hydrogen-bond acceptors (Lipinski definition) is 3. The number of fused-ring (bicyclic) bond motifs is 7. The van der Waals surface area contributed by atoms with Gasteiger partial charge < -0.3 is 9.84 Å². The van der Waals surface area contributed by atoms with Gasteiger partial charge >= 0.3 is 5.97 Å².